The van der Waals surface area contributed by atoms with Crippen LogP contribution in [0.1, 0.15) is 53.9 Å². The van der Waals surface area contributed by atoms with Gasteiger partial charge in [0.05, 0.1) is 17.7 Å². The fourth-order valence-electron chi connectivity index (χ4n) is 5.99. The monoisotopic (exact) mass is 446 g/mol. The lowest BCUT2D eigenvalue weighted by atomic mass is 9.83. The van der Waals surface area contributed by atoms with Gasteiger partial charge in [-0.05, 0) is 71.2 Å². The number of ether oxygens (including phenoxy) is 1. The van der Waals surface area contributed by atoms with Gasteiger partial charge in [-0.25, -0.2) is 4.79 Å². The van der Waals surface area contributed by atoms with E-state index in [4.69, 9.17) is 4.74 Å². The second-order valence-electron chi connectivity index (χ2n) is 9.45. The molecule has 1 amide bonds. The van der Waals surface area contributed by atoms with Crippen molar-refractivity contribution in [2.24, 2.45) is 0 Å². The molecule has 3 aromatic rings. The van der Waals surface area contributed by atoms with Crippen molar-refractivity contribution in [1.82, 2.24) is 4.90 Å². The van der Waals surface area contributed by atoms with Gasteiger partial charge in [-0.2, -0.15) is 5.26 Å². The molecule has 2 heterocycles. The number of carbonyl (C=O) groups excluding carboxylic acids is 1. The molecule has 3 aromatic carbocycles. The van der Waals surface area contributed by atoms with E-state index in [1.54, 1.807) is 0 Å². The SMILES string of the molecule is N#Cc1cccc(C2=CC3CCCC(C2)N3C(=O)OCC2c3ccccc3-c3ccccc32)c1. The summed E-state index contributed by atoms with van der Waals surface area (Å²) in [5, 5.41) is 9.27. The predicted molar refractivity (Wildman–Crippen MR) is 132 cm³/mol. The minimum atomic E-state index is -0.211. The van der Waals surface area contributed by atoms with Gasteiger partial charge in [-0.1, -0.05) is 66.7 Å². The number of nitriles is 1. The third kappa shape index (κ3) is 3.49. The molecule has 1 fully saturated rings. The Bertz CT molecular complexity index is 1290. The summed E-state index contributed by atoms with van der Waals surface area (Å²) < 4.78 is 6.01. The van der Waals surface area contributed by atoms with E-state index >= 15 is 0 Å². The highest BCUT2D eigenvalue weighted by molar-refractivity contribution is 5.79. The lowest BCUT2D eigenvalue weighted by molar-refractivity contribution is 0.0539. The van der Waals surface area contributed by atoms with Crippen LogP contribution in [0.5, 0.6) is 0 Å². The van der Waals surface area contributed by atoms with Gasteiger partial charge in [-0.3, -0.25) is 4.90 Å². The summed E-state index contributed by atoms with van der Waals surface area (Å²) >= 11 is 0. The molecule has 4 nitrogen and oxygen atoms in total. The molecule has 2 aliphatic heterocycles. The third-order valence-electron chi connectivity index (χ3n) is 7.55. The number of hydrogen-bond acceptors (Lipinski definition) is 3. The average Bonchev–Trinajstić information content (AvgIpc) is 3.20. The van der Waals surface area contributed by atoms with Crippen molar-refractivity contribution >= 4 is 11.7 Å². The highest BCUT2D eigenvalue weighted by atomic mass is 16.6. The fraction of sp³-hybridized carbons (Fsp3) is 0.267. The highest BCUT2D eigenvalue weighted by Crippen LogP contribution is 2.45. The lowest BCUT2D eigenvalue weighted by Crippen LogP contribution is -2.51. The molecule has 0 aromatic heterocycles. The van der Waals surface area contributed by atoms with Gasteiger partial charge in [-0.15, -0.1) is 0 Å². The Morgan fingerprint density at radius 2 is 1.71 bits per heavy atom. The predicted octanol–water partition coefficient (Wildman–Crippen LogP) is 6.52. The summed E-state index contributed by atoms with van der Waals surface area (Å²) in [6.45, 7) is 0.351. The zero-order valence-corrected chi connectivity index (χ0v) is 19.0. The van der Waals surface area contributed by atoms with Crippen LogP contribution in [0.2, 0.25) is 0 Å². The van der Waals surface area contributed by atoms with Gasteiger partial charge >= 0.3 is 6.09 Å². The fourth-order valence-corrected chi connectivity index (χ4v) is 5.99. The zero-order valence-electron chi connectivity index (χ0n) is 19.0. The number of rotatable bonds is 3. The van der Waals surface area contributed by atoms with Crippen LogP contribution in [-0.2, 0) is 4.74 Å². The highest BCUT2D eigenvalue weighted by Gasteiger charge is 2.39. The van der Waals surface area contributed by atoms with Crippen molar-refractivity contribution in [3.8, 4) is 17.2 Å². The van der Waals surface area contributed by atoms with Gasteiger partial charge in [0.1, 0.15) is 6.61 Å². The smallest absolute Gasteiger partial charge is 0.410 e. The van der Waals surface area contributed by atoms with Crippen molar-refractivity contribution < 1.29 is 9.53 Å². The van der Waals surface area contributed by atoms with E-state index in [1.165, 1.54) is 27.8 Å². The van der Waals surface area contributed by atoms with Crippen LogP contribution in [0, 0.1) is 11.3 Å². The molecular formula is C30H26N2O2. The first kappa shape index (κ1) is 20.7. The van der Waals surface area contributed by atoms with Gasteiger partial charge in [0.15, 0.2) is 0 Å². The molecule has 0 radical (unpaired) electrons. The summed E-state index contributed by atoms with van der Waals surface area (Å²) in [6, 6.07) is 27.0. The number of carbonyl (C=O) groups is 1. The van der Waals surface area contributed by atoms with Gasteiger partial charge in [0.2, 0.25) is 0 Å². The van der Waals surface area contributed by atoms with Crippen molar-refractivity contribution in [3.05, 3.63) is 101 Å². The van der Waals surface area contributed by atoms with Crippen LogP contribution in [-0.4, -0.2) is 29.7 Å². The number of amides is 1. The second-order valence-corrected chi connectivity index (χ2v) is 9.45. The molecule has 3 aliphatic rings. The molecule has 2 atom stereocenters. The molecule has 34 heavy (non-hydrogen) atoms. The normalized spacial score (nSPS) is 20.7. The Kier molecular flexibility index (Phi) is 5.19. The molecule has 2 bridgehead atoms. The maximum atomic E-state index is 13.4. The number of benzene rings is 3. The Labute approximate surface area is 200 Å². The third-order valence-corrected chi connectivity index (χ3v) is 7.55. The molecule has 0 N–H and O–H groups in total. The minimum absolute atomic E-state index is 0.0453. The van der Waals surface area contributed by atoms with Crippen molar-refractivity contribution in [2.75, 3.05) is 6.61 Å². The van der Waals surface area contributed by atoms with Crippen molar-refractivity contribution in [3.63, 3.8) is 0 Å². The Morgan fingerprint density at radius 1 is 0.971 bits per heavy atom. The average molecular weight is 447 g/mol. The van der Waals surface area contributed by atoms with Crippen LogP contribution in [0.4, 0.5) is 4.79 Å². The zero-order chi connectivity index (χ0) is 23.1. The first-order valence-electron chi connectivity index (χ1n) is 12.1. The summed E-state index contributed by atoms with van der Waals surface area (Å²) in [7, 11) is 0. The molecule has 6 rings (SSSR count). The topological polar surface area (TPSA) is 53.3 Å². The van der Waals surface area contributed by atoms with Crippen LogP contribution in [0.3, 0.4) is 0 Å². The molecule has 0 spiro atoms. The van der Waals surface area contributed by atoms with Crippen LogP contribution in [0.25, 0.3) is 16.7 Å². The molecule has 1 aliphatic carbocycles. The van der Waals surface area contributed by atoms with E-state index in [1.807, 2.05) is 23.1 Å². The number of piperidine rings is 1. The second kappa shape index (κ2) is 8.50. The van der Waals surface area contributed by atoms with E-state index in [9.17, 15) is 10.1 Å². The maximum absolute atomic E-state index is 13.4. The molecule has 4 heteroatoms. The largest absolute Gasteiger partial charge is 0.448 e. The van der Waals surface area contributed by atoms with Gasteiger partial charge < -0.3 is 4.74 Å². The standard InChI is InChI=1S/C30H26N2O2/c31-18-20-7-5-8-21(15-20)22-16-23-9-6-10-24(17-22)32(23)30(33)34-19-29-27-13-3-1-11-25(27)26-12-2-4-14-28(26)29/h1-5,7-8,11-16,23-24,29H,6,9-10,17,19H2. The van der Waals surface area contributed by atoms with E-state index in [-0.39, 0.29) is 24.1 Å². The number of nitrogens with zero attached hydrogens (tertiary/aromatic N) is 2. The Balaban J connectivity index is 1.22. The maximum Gasteiger partial charge on any atom is 0.410 e. The van der Waals surface area contributed by atoms with Crippen molar-refractivity contribution in [2.45, 2.75) is 43.7 Å². The lowest BCUT2D eigenvalue weighted by Gasteiger charge is -2.44. The van der Waals surface area contributed by atoms with E-state index < -0.39 is 0 Å². The Morgan fingerprint density at radius 3 is 2.41 bits per heavy atom. The summed E-state index contributed by atoms with van der Waals surface area (Å²) in [5.74, 6) is 0.0702. The van der Waals surface area contributed by atoms with E-state index in [0.717, 1.165) is 31.2 Å². The summed E-state index contributed by atoms with van der Waals surface area (Å²) in [6.07, 6.45) is 5.85. The molecule has 2 unspecified atom stereocenters. The minimum Gasteiger partial charge on any atom is -0.448 e. The number of fused-ring (bicyclic) bond motifs is 5. The summed E-state index contributed by atoms with van der Waals surface area (Å²) in [5.41, 5.74) is 7.92. The molecule has 168 valence electrons. The molecular weight excluding hydrogens is 420 g/mol. The van der Waals surface area contributed by atoms with E-state index in [0.29, 0.717) is 12.2 Å². The molecule has 1 saturated heterocycles. The van der Waals surface area contributed by atoms with Crippen LogP contribution < -0.4 is 0 Å². The first-order valence-corrected chi connectivity index (χ1v) is 12.1. The van der Waals surface area contributed by atoms with Crippen LogP contribution in [0.15, 0.2) is 78.9 Å². The van der Waals surface area contributed by atoms with Gasteiger partial charge in [0, 0.05) is 12.0 Å². The van der Waals surface area contributed by atoms with Gasteiger partial charge in [0.25, 0.3) is 0 Å². The first-order chi connectivity index (χ1) is 16.7. The molecule has 0 saturated carbocycles. The van der Waals surface area contributed by atoms with Crippen LogP contribution >= 0.6 is 0 Å². The quantitative estimate of drug-likeness (QED) is 0.460. The Hall–Kier alpha value is -3.84. The summed E-state index contributed by atoms with van der Waals surface area (Å²) in [4.78, 5) is 15.3. The number of hydrogen-bond donors (Lipinski definition) is 0. The van der Waals surface area contributed by atoms with Crippen molar-refractivity contribution in [1.29, 1.82) is 5.26 Å². The van der Waals surface area contributed by atoms with E-state index in [2.05, 4.69) is 66.7 Å².